The number of rotatable bonds is 4. The van der Waals surface area contributed by atoms with Crippen LogP contribution in [0.25, 0.3) is 0 Å². The molecule has 96 valence electrons. The van der Waals surface area contributed by atoms with E-state index >= 15 is 0 Å². The summed E-state index contributed by atoms with van der Waals surface area (Å²) >= 11 is 0. The molecule has 0 unspecified atom stereocenters. The molecular weight excluding hydrogens is 252 g/mol. The normalized spacial score (nSPS) is 11.4. The smallest absolute Gasteiger partial charge is 0.263 e. The summed E-state index contributed by atoms with van der Waals surface area (Å²) in [6.45, 7) is 2.05. The molecule has 2 rings (SSSR count). The minimum absolute atomic E-state index is 0.166. The second-order valence-electron chi connectivity index (χ2n) is 3.86. The molecule has 0 aliphatic carbocycles. The fourth-order valence-corrected chi connectivity index (χ4v) is 2.63. The van der Waals surface area contributed by atoms with Crippen molar-refractivity contribution in [3.63, 3.8) is 0 Å². The third-order valence-electron chi connectivity index (χ3n) is 2.51. The number of hydrogen-bond acceptors (Lipinski definition) is 4. The van der Waals surface area contributed by atoms with Gasteiger partial charge in [0.25, 0.3) is 10.0 Å². The fourth-order valence-electron chi connectivity index (χ4n) is 1.48. The number of nitrogens with two attached hydrogens (primary N) is 1. The number of nitrogens with zero attached hydrogens (tertiary/aromatic N) is 1. The SMILES string of the molecule is Cc1cnccc1NS(=O)(=O)c1c[nH]c(CN)c1. The molecule has 2 aromatic rings. The summed E-state index contributed by atoms with van der Waals surface area (Å²) in [6, 6.07) is 3.13. The second-order valence-corrected chi connectivity index (χ2v) is 5.54. The number of nitrogens with one attached hydrogen (secondary N) is 2. The van der Waals surface area contributed by atoms with E-state index < -0.39 is 10.0 Å². The summed E-state index contributed by atoms with van der Waals surface area (Å²) in [4.78, 5) is 6.88. The van der Waals surface area contributed by atoms with Gasteiger partial charge in [0.2, 0.25) is 0 Å². The molecule has 7 heteroatoms. The molecule has 0 saturated heterocycles. The predicted molar refractivity (Wildman–Crippen MR) is 68.5 cm³/mol. The summed E-state index contributed by atoms with van der Waals surface area (Å²) < 4.78 is 26.7. The molecule has 2 aromatic heterocycles. The van der Waals surface area contributed by atoms with Crippen molar-refractivity contribution in [2.75, 3.05) is 4.72 Å². The molecule has 0 aliphatic rings. The molecule has 0 spiro atoms. The van der Waals surface area contributed by atoms with Gasteiger partial charge in [0.15, 0.2) is 0 Å². The Morgan fingerprint density at radius 3 is 2.89 bits per heavy atom. The van der Waals surface area contributed by atoms with E-state index in [4.69, 9.17) is 5.73 Å². The van der Waals surface area contributed by atoms with E-state index in [1.165, 1.54) is 18.5 Å². The zero-order valence-electron chi connectivity index (χ0n) is 9.84. The van der Waals surface area contributed by atoms with Gasteiger partial charge in [-0.1, -0.05) is 0 Å². The molecule has 6 nitrogen and oxygen atoms in total. The van der Waals surface area contributed by atoms with Crippen molar-refractivity contribution < 1.29 is 8.42 Å². The van der Waals surface area contributed by atoms with Crippen molar-refractivity contribution in [3.8, 4) is 0 Å². The molecule has 0 aromatic carbocycles. The van der Waals surface area contributed by atoms with Crippen molar-refractivity contribution >= 4 is 15.7 Å². The zero-order chi connectivity index (χ0) is 13.2. The first-order chi connectivity index (χ1) is 8.53. The van der Waals surface area contributed by atoms with Crippen molar-refractivity contribution in [1.82, 2.24) is 9.97 Å². The fraction of sp³-hybridized carbons (Fsp3) is 0.182. The van der Waals surface area contributed by atoms with Gasteiger partial charge < -0.3 is 10.7 Å². The van der Waals surface area contributed by atoms with Crippen LogP contribution in [0.3, 0.4) is 0 Å². The van der Waals surface area contributed by atoms with Crippen molar-refractivity contribution in [2.45, 2.75) is 18.4 Å². The Balaban J connectivity index is 2.30. The van der Waals surface area contributed by atoms with Crippen LogP contribution < -0.4 is 10.5 Å². The molecule has 0 amide bonds. The number of anilines is 1. The lowest BCUT2D eigenvalue weighted by molar-refractivity contribution is 0.601. The lowest BCUT2D eigenvalue weighted by Crippen LogP contribution is -2.13. The summed E-state index contributed by atoms with van der Waals surface area (Å²) in [5.41, 5.74) is 7.37. The van der Waals surface area contributed by atoms with E-state index in [1.54, 1.807) is 19.2 Å². The van der Waals surface area contributed by atoms with Crippen LogP contribution in [-0.4, -0.2) is 18.4 Å². The maximum Gasteiger partial charge on any atom is 0.263 e. The van der Waals surface area contributed by atoms with Crippen LogP contribution in [-0.2, 0) is 16.6 Å². The first kappa shape index (κ1) is 12.6. The molecule has 0 aliphatic heterocycles. The van der Waals surface area contributed by atoms with E-state index in [2.05, 4.69) is 14.7 Å². The van der Waals surface area contributed by atoms with Gasteiger partial charge in [-0.25, -0.2) is 8.42 Å². The third-order valence-corrected chi connectivity index (χ3v) is 3.86. The number of pyridine rings is 1. The first-order valence-corrected chi connectivity index (χ1v) is 6.82. The number of sulfonamides is 1. The van der Waals surface area contributed by atoms with Crippen LogP contribution in [0.1, 0.15) is 11.3 Å². The largest absolute Gasteiger partial charge is 0.363 e. The molecule has 4 N–H and O–H groups in total. The van der Waals surface area contributed by atoms with Crippen molar-refractivity contribution in [2.24, 2.45) is 5.73 Å². The van der Waals surface area contributed by atoms with Gasteiger partial charge in [-0.2, -0.15) is 0 Å². The average Bonchev–Trinajstić information content (AvgIpc) is 2.81. The van der Waals surface area contributed by atoms with E-state index in [-0.39, 0.29) is 11.4 Å². The van der Waals surface area contributed by atoms with Crippen molar-refractivity contribution in [3.05, 3.63) is 42.0 Å². The Morgan fingerprint density at radius 2 is 2.28 bits per heavy atom. The highest BCUT2D eigenvalue weighted by Crippen LogP contribution is 2.18. The zero-order valence-corrected chi connectivity index (χ0v) is 10.7. The third kappa shape index (κ3) is 2.52. The molecule has 0 radical (unpaired) electrons. The lowest BCUT2D eigenvalue weighted by Gasteiger charge is -2.08. The highest BCUT2D eigenvalue weighted by Gasteiger charge is 2.16. The molecule has 18 heavy (non-hydrogen) atoms. The minimum Gasteiger partial charge on any atom is -0.363 e. The van der Waals surface area contributed by atoms with E-state index in [0.29, 0.717) is 11.4 Å². The van der Waals surface area contributed by atoms with E-state index in [9.17, 15) is 8.42 Å². The highest BCUT2D eigenvalue weighted by atomic mass is 32.2. The highest BCUT2D eigenvalue weighted by molar-refractivity contribution is 7.92. The second kappa shape index (κ2) is 4.79. The maximum absolute atomic E-state index is 12.1. The van der Waals surface area contributed by atoms with Gasteiger partial charge in [-0.15, -0.1) is 0 Å². The monoisotopic (exact) mass is 266 g/mol. The van der Waals surface area contributed by atoms with Crippen molar-refractivity contribution in [1.29, 1.82) is 0 Å². The van der Waals surface area contributed by atoms with Crippen LogP contribution in [0.4, 0.5) is 5.69 Å². The summed E-state index contributed by atoms with van der Waals surface area (Å²) in [5, 5.41) is 0. The topological polar surface area (TPSA) is 101 Å². The average molecular weight is 266 g/mol. The van der Waals surface area contributed by atoms with Gasteiger partial charge in [-0.05, 0) is 24.6 Å². The number of hydrogen-bond donors (Lipinski definition) is 3. The van der Waals surface area contributed by atoms with Crippen LogP contribution in [0.5, 0.6) is 0 Å². The number of aromatic nitrogens is 2. The van der Waals surface area contributed by atoms with Crippen LogP contribution in [0.2, 0.25) is 0 Å². The maximum atomic E-state index is 12.1. The number of H-pyrrole nitrogens is 1. The standard InChI is InChI=1S/C11H14N4O2S/c1-8-6-13-3-2-11(8)15-18(16,17)10-4-9(5-12)14-7-10/h2-4,6-7,14H,5,12H2,1H3,(H,13,15). The molecule has 0 atom stereocenters. The number of aromatic amines is 1. The van der Waals surface area contributed by atoms with Gasteiger partial charge >= 0.3 is 0 Å². The Kier molecular flexibility index (Phi) is 3.35. The molecule has 0 saturated carbocycles. The molecule has 2 heterocycles. The van der Waals surface area contributed by atoms with Gasteiger partial charge in [0.05, 0.1) is 5.69 Å². The Labute approximate surface area is 105 Å². The van der Waals surface area contributed by atoms with E-state index in [1.807, 2.05) is 0 Å². The lowest BCUT2D eigenvalue weighted by atomic mass is 10.3. The molecule has 0 fully saturated rings. The summed E-state index contributed by atoms with van der Waals surface area (Å²) in [7, 11) is -3.59. The Hall–Kier alpha value is -1.86. The van der Waals surface area contributed by atoms with Crippen LogP contribution >= 0.6 is 0 Å². The predicted octanol–water partition coefficient (Wildman–Crippen LogP) is 0.978. The molecular formula is C11H14N4O2S. The van der Waals surface area contributed by atoms with E-state index in [0.717, 1.165) is 5.56 Å². The van der Waals surface area contributed by atoms with Crippen LogP contribution in [0.15, 0.2) is 35.6 Å². The van der Waals surface area contributed by atoms with Gasteiger partial charge in [-0.3, -0.25) is 9.71 Å². The Bertz CT molecular complexity index is 649. The first-order valence-electron chi connectivity index (χ1n) is 5.34. The summed E-state index contributed by atoms with van der Waals surface area (Å²) in [5.74, 6) is 0. The van der Waals surface area contributed by atoms with Crippen LogP contribution in [0, 0.1) is 6.92 Å². The number of aryl methyl sites for hydroxylation is 1. The minimum atomic E-state index is -3.59. The quantitative estimate of drug-likeness (QED) is 0.767. The summed E-state index contributed by atoms with van der Waals surface area (Å²) in [6.07, 6.45) is 4.55. The van der Waals surface area contributed by atoms with Gasteiger partial charge in [0, 0.05) is 30.8 Å². The van der Waals surface area contributed by atoms with Gasteiger partial charge in [0.1, 0.15) is 4.90 Å². The molecule has 0 bridgehead atoms. The Morgan fingerprint density at radius 1 is 1.50 bits per heavy atom.